The van der Waals surface area contributed by atoms with Gasteiger partial charge in [0.1, 0.15) is 11.4 Å². The fraction of sp³-hybridized carbons (Fsp3) is 0. The van der Waals surface area contributed by atoms with Crippen molar-refractivity contribution in [2.45, 2.75) is 0 Å². The van der Waals surface area contributed by atoms with Crippen molar-refractivity contribution in [3.63, 3.8) is 0 Å². The molecule has 0 unspecified atom stereocenters. The molecular formula is C7H2Cl2FNO3. The molecule has 0 bridgehead atoms. The molecule has 0 saturated heterocycles. The van der Waals surface area contributed by atoms with E-state index in [1.54, 1.807) is 0 Å². The second-order valence-electron chi connectivity index (χ2n) is 2.31. The van der Waals surface area contributed by atoms with Gasteiger partial charge < -0.3 is 0 Å². The average Bonchev–Trinajstić information content (AvgIpc) is 2.08. The maximum Gasteiger partial charge on any atom is 0.283 e. The monoisotopic (exact) mass is 237 g/mol. The number of nitro groups is 1. The zero-order valence-corrected chi connectivity index (χ0v) is 7.97. The van der Waals surface area contributed by atoms with Gasteiger partial charge in [-0.15, -0.1) is 0 Å². The average molecular weight is 238 g/mol. The third kappa shape index (κ3) is 2.00. The molecule has 0 amide bonds. The summed E-state index contributed by atoms with van der Waals surface area (Å²) in [6, 6.07) is 1.38. The molecule has 0 atom stereocenters. The largest absolute Gasteiger partial charge is 0.283 e. The van der Waals surface area contributed by atoms with Crippen LogP contribution in [0.25, 0.3) is 0 Å². The summed E-state index contributed by atoms with van der Waals surface area (Å²) in [7, 11) is 0. The third-order valence-corrected chi connectivity index (χ3v) is 1.94. The minimum absolute atomic E-state index is 0.432. The molecule has 4 nitrogen and oxygen atoms in total. The van der Waals surface area contributed by atoms with Crippen LogP contribution in [-0.2, 0) is 0 Å². The molecule has 0 aliphatic heterocycles. The molecule has 0 aliphatic carbocycles. The van der Waals surface area contributed by atoms with Crippen molar-refractivity contribution in [1.82, 2.24) is 0 Å². The molecule has 14 heavy (non-hydrogen) atoms. The van der Waals surface area contributed by atoms with Crippen LogP contribution in [0, 0.1) is 15.9 Å². The Balaban J connectivity index is 3.46. The number of rotatable bonds is 2. The van der Waals surface area contributed by atoms with Gasteiger partial charge in [0.15, 0.2) is 0 Å². The van der Waals surface area contributed by atoms with Gasteiger partial charge >= 0.3 is 0 Å². The topological polar surface area (TPSA) is 60.2 Å². The molecule has 7 heteroatoms. The maximum absolute atomic E-state index is 12.8. The van der Waals surface area contributed by atoms with Gasteiger partial charge in [-0.05, 0) is 17.7 Å². The van der Waals surface area contributed by atoms with Gasteiger partial charge in [-0.25, -0.2) is 4.39 Å². The smallest absolute Gasteiger partial charge is 0.275 e. The summed E-state index contributed by atoms with van der Waals surface area (Å²) in [5.74, 6) is -0.929. The van der Waals surface area contributed by atoms with Crippen LogP contribution in [0.2, 0.25) is 5.02 Å². The van der Waals surface area contributed by atoms with Crippen LogP contribution >= 0.6 is 23.2 Å². The highest BCUT2D eigenvalue weighted by Gasteiger charge is 2.21. The Bertz CT molecular complexity index is 383. The van der Waals surface area contributed by atoms with Gasteiger partial charge in [-0.1, -0.05) is 11.6 Å². The highest BCUT2D eigenvalue weighted by Crippen LogP contribution is 2.27. The van der Waals surface area contributed by atoms with E-state index in [2.05, 4.69) is 0 Å². The van der Waals surface area contributed by atoms with Crippen LogP contribution in [0.5, 0.6) is 0 Å². The molecule has 0 aromatic heterocycles. The lowest BCUT2D eigenvalue weighted by Gasteiger charge is -1.99. The molecule has 0 aliphatic rings. The lowest BCUT2D eigenvalue weighted by molar-refractivity contribution is -0.385. The van der Waals surface area contributed by atoms with Crippen LogP contribution in [0.1, 0.15) is 10.4 Å². The minimum Gasteiger partial charge on any atom is -0.275 e. The quantitative estimate of drug-likeness (QED) is 0.452. The van der Waals surface area contributed by atoms with Gasteiger partial charge in [0.2, 0.25) is 0 Å². The van der Waals surface area contributed by atoms with E-state index < -0.39 is 32.3 Å². The zero-order chi connectivity index (χ0) is 10.9. The summed E-state index contributed by atoms with van der Waals surface area (Å²) in [6.07, 6.45) is 0. The number of benzene rings is 1. The summed E-state index contributed by atoms with van der Waals surface area (Å²) < 4.78 is 12.8. The fourth-order valence-electron chi connectivity index (χ4n) is 0.845. The van der Waals surface area contributed by atoms with E-state index in [0.717, 1.165) is 6.07 Å². The number of hydrogen-bond acceptors (Lipinski definition) is 3. The van der Waals surface area contributed by atoms with Crippen molar-refractivity contribution in [1.29, 1.82) is 0 Å². The van der Waals surface area contributed by atoms with E-state index in [1.165, 1.54) is 0 Å². The summed E-state index contributed by atoms with van der Waals surface area (Å²) in [6.45, 7) is 0. The first kappa shape index (κ1) is 10.9. The zero-order valence-electron chi connectivity index (χ0n) is 6.46. The van der Waals surface area contributed by atoms with E-state index in [9.17, 15) is 19.3 Å². The van der Waals surface area contributed by atoms with E-state index in [1.807, 2.05) is 0 Å². The lowest BCUT2D eigenvalue weighted by Crippen LogP contribution is -1.99. The van der Waals surface area contributed by atoms with Crippen LogP contribution in [0.15, 0.2) is 12.1 Å². The molecule has 0 N–H and O–H groups in total. The van der Waals surface area contributed by atoms with Crippen molar-refractivity contribution in [3.8, 4) is 0 Å². The van der Waals surface area contributed by atoms with Crippen LogP contribution in [0.3, 0.4) is 0 Å². The third-order valence-electron chi connectivity index (χ3n) is 1.45. The number of nitro benzene ring substituents is 1. The van der Waals surface area contributed by atoms with Crippen molar-refractivity contribution in [2.75, 3.05) is 0 Å². The molecule has 1 aromatic carbocycles. The molecular weight excluding hydrogens is 236 g/mol. The Labute approximate surface area is 87.4 Å². The van der Waals surface area contributed by atoms with Crippen molar-refractivity contribution in [2.24, 2.45) is 0 Å². The van der Waals surface area contributed by atoms with E-state index in [0.29, 0.717) is 6.07 Å². The van der Waals surface area contributed by atoms with Crippen LogP contribution < -0.4 is 0 Å². The Kier molecular flexibility index (Phi) is 3.03. The molecule has 0 radical (unpaired) electrons. The highest BCUT2D eigenvalue weighted by atomic mass is 35.5. The maximum atomic E-state index is 12.8. The van der Waals surface area contributed by atoms with Gasteiger partial charge in [0.25, 0.3) is 10.9 Å². The first-order valence-electron chi connectivity index (χ1n) is 3.26. The molecule has 1 aromatic rings. The highest BCUT2D eigenvalue weighted by molar-refractivity contribution is 6.68. The molecule has 0 saturated carbocycles. The lowest BCUT2D eigenvalue weighted by atomic mass is 10.2. The molecule has 0 heterocycles. The number of halogens is 3. The fourth-order valence-corrected chi connectivity index (χ4v) is 1.15. The standard InChI is InChI=1S/C7H2Cl2FNO3/c8-4-2-6(11(13)14)3(7(9)12)1-5(4)10/h1-2H. The number of carbonyl (C=O) groups is 1. The summed E-state index contributed by atoms with van der Waals surface area (Å²) in [4.78, 5) is 20.2. The first-order valence-corrected chi connectivity index (χ1v) is 4.02. The van der Waals surface area contributed by atoms with Crippen LogP contribution in [0.4, 0.5) is 10.1 Å². The minimum atomic E-state index is -1.10. The van der Waals surface area contributed by atoms with Gasteiger partial charge in [0, 0.05) is 6.07 Å². The Morgan fingerprint density at radius 2 is 2.07 bits per heavy atom. The number of hydrogen-bond donors (Lipinski definition) is 0. The first-order chi connectivity index (χ1) is 6.43. The molecule has 0 fully saturated rings. The molecule has 1 rings (SSSR count). The van der Waals surface area contributed by atoms with Crippen molar-refractivity contribution < 1.29 is 14.1 Å². The Hall–Kier alpha value is -1.20. The number of nitrogens with zero attached hydrogens (tertiary/aromatic N) is 1. The Morgan fingerprint density at radius 3 is 2.50 bits per heavy atom. The summed E-state index contributed by atoms with van der Waals surface area (Å²) in [5, 5.41) is 8.87. The predicted octanol–water partition coefficient (Wildman–Crippen LogP) is 2.77. The molecule has 0 spiro atoms. The van der Waals surface area contributed by atoms with E-state index in [4.69, 9.17) is 23.2 Å². The number of carbonyl (C=O) groups excluding carboxylic acids is 1. The Morgan fingerprint density at radius 1 is 1.50 bits per heavy atom. The van der Waals surface area contributed by atoms with Gasteiger partial charge in [-0.3, -0.25) is 14.9 Å². The van der Waals surface area contributed by atoms with Gasteiger partial charge in [0.05, 0.1) is 9.95 Å². The summed E-state index contributed by atoms with van der Waals surface area (Å²) >= 11 is 10.3. The van der Waals surface area contributed by atoms with E-state index in [-0.39, 0.29) is 0 Å². The summed E-state index contributed by atoms with van der Waals surface area (Å²) in [5.41, 5.74) is -1.13. The normalized spacial score (nSPS) is 9.93. The second kappa shape index (κ2) is 3.89. The predicted molar refractivity (Wildman–Crippen MR) is 48.2 cm³/mol. The van der Waals surface area contributed by atoms with Crippen molar-refractivity contribution >= 4 is 34.1 Å². The SMILES string of the molecule is O=C(Cl)c1cc(F)c(Cl)cc1[N+](=O)[O-]. The van der Waals surface area contributed by atoms with E-state index >= 15 is 0 Å². The molecule has 74 valence electrons. The van der Waals surface area contributed by atoms with Gasteiger partial charge in [-0.2, -0.15) is 0 Å². The van der Waals surface area contributed by atoms with Crippen LogP contribution in [-0.4, -0.2) is 10.2 Å². The van der Waals surface area contributed by atoms with Crippen molar-refractivity contribution in [3.05, 3.63) is 38.7 Å². The second-order valence-corrected chi connectivity index (χ2v) is 3.06.